The summed E-state index contributed by atoms with van der Waals surface area (Å²) in [7, 11) is 0. The molecule has 1 aromatic heterocycles. The highest BCUT2D eigenvalue weighted by atomic mass is 32.1. The molecule has 30 heavy (non-hydrogen) atoms. The Bertz CT molecular complexity index is 1310. The first-order chi connectivity index (χ1) is 14.3. The number of nitriles is 1. The van der Waals surface area contributed by atoms with Crippen molar-refractivity contribution in [1.82, 2.24) is 9.88 Å². The van der Waals surface area contributed by atoms with E-state index in [1.165, 1.54) is 4.57 Å². The molecule has 1 N–H and O–H groups in total. The van der Waals surface area contributed by atoms with Crippen molar-refractivity contribution in [3.8, 4) is 11.8 Å². The summed E-state index contributed by atoms with van der Waals surface area (Å²) in [6, 6.07) is 16.9. The molecule has 3 rings (SSSR count). The summed E-state index contributed by atoms with van der Waals surface area (Å²) in [5.41, 5.74) is 3.40. The summed E-state index contributed by atoms with van der Waals surface area (Å²) in [4.78, 5) is 26.0. The minimum absolute atomic E-state index is 0.0741. The van der Waals surface area contributed by atoms with E-state index in [1.54, 1.807) is 12.1 Å². The molecule has 0 saturated heterocycles. The van der Waals surface area contributed by atoms with Crippen LogP contribution in [0.2, 0.25) is 0 Å². The summed E-state index contributed by atoms with van der Waals surface area (Å²) in [6.07, 6.45) is 1.82. The summed E-state index contributed by atoms with van der Waals surface area (Å²) in [6.45, 7) is 7.66. The number of amides is 1. The number of hydrogen-bond acceptors (Lipinski definition) is 4. The van der Waals surface area contributed by atoms with Gasteiger partial charge in [0, 0.05) is 6.04 Å². The zero-order chi connectivity index (χ0) is 21.8. The van der Waals surface area contributed by atoms with Crippen LogP contribution in [0.3, 0.4) is 0 Å². The van der Waals surface area contributed by atoms with E-state index in [1.807, 2.05) is 70.2 Å². The Balaban J connectivity index is 2.38. The van der Waals surface area contributed by atoms with Gasteiger partial charge in [-0.1, -0.05) is 42.0 Å². The van der Waals surface area contributed by atoms with Gasteiger partial charge in [0.1, 0.15) is 10.7 Å². The number of carbonyl (C=O) groups excluding carboxylic acids is 1. The summed E-state index contributed by atoms with van der Waals surface area (Å²) < 4.78 is 2.23. The quantitative estimate of drug-likeness (QED) is 0.709. The van der Waals surface area contributed by atoms with Gasteiger partial charge in [-0.2, -0.15) is 5.26 Å². The average molecular weight is 418 g/mol. The third kappa shape index (κ3) is 4.42. The highest BCUT2D eigenvalue weighted by Crippen LogP contribution is 2.11. The lowest BCUT2D eigenvalue weighted by Gasteiger charge is -2.07. The van der Waals surface area contributed by atoms with E-state index >= 15 is 0 Å². The minimum Gasteiger partial charge on any atom is -0.349 e. The fourth-order valence-corrected chi connectivity index (χ4v) is 4.21. The van der Waals surface area contributed by atoms with Crippen molar-refractivity contribution in [2.75, 3.05) is 0 Å². The molecule has 1 amide bonds. The van der Waals surface area contributed by atoms with Gasteiger partial charge in [0.2, 0.25) is 0 Å². The van der Waals surface area contributed by atoms with Gasteiger partial charge in [-0.3, -0.25) is 14.2 Å². The molecule has 6 heteroatoms. The Kier molecular flexibility index (Phi) is 6.34. The van der Waals surface area contributed by atoms with Gasteiger partial charge in [0.25, 0.3) is 11.5 Å². The highest BCUT2D eigenvalue weighted by molar-refractivity contribution is 7.07. The van der Waals surface area contributed by atoms with Crippen LogP contribution in [0, 0.1) is 25.2 Å². The van der Waals surface area contributed by atoms with Crippen LogP contribution in [0.1, 0.15) is 30.5 Å². The normalized spacial score (nSPS) is 12.6. The second-order valence-corrected chi connectivity index (χ2v) is 8.40. The first kappa shape index (κ1) is 21.3. The minimum atomic E-state index is -0.489. The maximum absolute atomic E-state index is 13.3. The molecule has 0 fully saturated rings. The van der Waals surface area contributed by atoms with Crippen molar-refractivity contribution < 1.29 is 4.79 Å². The van der Waals surface area contributed by atoms with Crippen molar-refractivity contribution in [2.45, 2.75) is 33.7 Å². The number of nitrogens with zero attached hydrogens (tertiary/aromatic N) is 2. The number of hydrogen-bond donors (Lipinski definition) is 1. The monoisotopic (exact) mass is 417 g/mol. The molecule has 3 aromatic rings. The van der Waals surface area contributed by atoms with E-state index in [0.717, 1.165) is 28.0 Å². The fraction of sp³-hybridized carbons (Fsp3) is 0.208. The molecule has 0 aliphatic carbocycles. The second-order valence-electron chi connectivity index (χ2n) is 7.37. The second kappa shape index (κ2) is 8.93. The number of rotatable bonds is 4. The van der Waals surface area contributed by atoms with Crippen LogP contribution in [0.15, 0.2) is 53.3 Å². The Hall–Kier alpha value is -3.43. The van der Waals surface area contributed by atoms with Gasteiger partial charge in [0.15, 0.2) is 5.57 Å². The van der Waals surface area contributed by atoms with Crippen LogP contribution < -0.4 is 20.1 Å². The zero-order valence-corrected chi connectivity index (χ0v) is 18.2. The molecule has 152 valence electrons. The third-order valence-electron chi connectivity index (χ3n) is 4.52. The molecule has 0 aliphatic heterocycles. The van der Waals surface area contributed by atoms with Crippen molar-refractivity contribution >= 4 is 28.9 Å². The lowest BCUT2D eigenvalue weighted by molar-refractivity contribution is -0.116. The lowest BCUT2D eigenvalue weighted by Crippen LogP contribution is -2.36. The van der Waals surface area contributed by atoms with Crippen molar-refractivity contribution in [1.29, 1.82) is 5.26 Å². The van der Waals surface area contributed by atoms with Gasteiger partial charge in [-0.15, -0.1) is 11.3 Å². The molecule has 0 radical (unpaired) electrons. The van der Waals surface area contributed by atoms with Crippen LogP contribution >= 0.6 is 11.3 Å². The molecule has 0 bridgehead atoms. The largest absolute Gasteiger partial charge is 0.349 e. The first-order valence-corrected chi connectivity index (χ1v) is 10.4. The van der Waals surface area contributed by atoms with Crippen LogP contribution in [-0.2, 0) is 4.79 Å². The van der Waals surface area contributed by atoms with Crippen molar-refractivity contribution in [3.63, 3.8) is 0 Å². The Morgan fingerprint density at radius 1 is 1.17 bits per heavy atom. The van der Waals surface area contributed by atoms with E-state index in [0.29, 0.717) is 14.9 Å². The van der Waals surface area contributed by atoms with Crippen molar-refractivity contribution in [2.24, 2.45) is 0 Å². The molecule has 5 nitrogen and oxygen atoms in total. The van der Waals surface area contributed by atoms with Crippen LogP contribution in [-0.4, -0.2) is 16.5 Å². The number of carbonyl (C=O) groups is 1. The maximum atomic E-state index is 13.3. The van der Waals surface area contributed by atoms with E-state index in [-0.39, 0.29) is 17.2 Å². The number of aryl methyl sites for hydroxylation is 2. The van der Waals surface area contributed by atoms with Gasteiger partial charge in [-0.05, 0) is 57.0 Å². The molecule has 1 heterocycles. The fourth-order valence-electron chi connectivity index (χ4n) is 3.12. The molecular weight excluding hydrogens is 394 g/mol. The van der Waals surface area contributed by atoms with Gasteiger partial charge in [0.05, 0.1) is 10.2 Å². The predicted octanol–water partition coefficient (Wildman–Crippen LogP) is 2.54. The zero-order valence-electron chi connectivity index (χ0n) is 17.4. The van der Waals surface area contributed by atoms with E-state index in [4.69, 9.17) is 0 Å². The number of thiazole rings is 1. The molecule has 0 saturated carbocycles. The topological polar surface area (TPSA) is 74.9 Å². The molecule has 0 unspecified atom stereocenters. The Labute approximate surface area is 179 Å². The highest BCUT2D eigenvalue weighted by Gasteiger charge is 2.17. The average Bonchev–Trinajstić information content (AvgIpc) is 3.00. The van der Waals surface area contributed by atoms with Gasteiger partial charge < -0.3 is 5.32 Å². The number of para-hydroxylation sites is 1. The first-order valence-electron chi connectivity index (χ1n) is 9.63. The number of benzene rings is 2. The molecule has 0 aliphatic rings. The van der Waals surface area contributed by atoms with Crippen LogP contribution in [0.4, 0.5) is 0 Å². The SMILES string of the molecule is Cc1ccc(/C=c2\s/c(=C(/C#N)C(=O)NC(C)C)n(-c3ccccc3)c2=O)c(C)c1. The van der Waals surface area contributed by atoms with Gasteiger partial charge >= 0.3 is 0 Å². The van der Waals surface area contributed by atoms with E-state index in [2.05, 4.69) is 11.4 Å². The summed E-state index contributed by atoms with van der Waals surface area (Å²) >= 11 is 1.15. The lowest BCUT2D eigenvalue weighted by atomic mass is 10.1. The molecule has 0 atom stereocenters. The summed E-state index contributed by atoms with van der Waals surface area (Å²) in [5.74, 6) is -0.489. The predicted molar refractivity (Wildman–Crippen MR) is 121 cm³/mol. The molecule has 2 aromatic carbocycles. The standard InChI is InChI=1S/C24H23N3O2S/c1-15(2)26-22(28)20(14-25)24-27(19-8-6-5-7-9-19)23(29)21(30-24)13-18-11-10-16(3)12-17(18)4/h5-13,15H,1-4H3,(H,26,28)/b21-13-,24-20-. The Morgan fingerprint density at radius 3 is 2.47 bits per heavy atom. The number of nitrogens with one attached hydrogen (secondary N) is 1. The smallest absolute Gasteiger partial charge is 0.273 e. The maximum Gasteiger partial charge on any atom is 0.273 e. The third-order valence-corrected chi connectivity index (χ3v) is 5.61. The molecular formula is C24H23N3O2S. The van der Waals surface area contributed by atoms with E-state index < -0.39 is 5.91 Å². The summed E-state index contributed by atoms with van der Waals surface area (Å²) in [5, 5.41) is 12.5. The Morgan fingerprint density at radius 2 is 1.87 bits per heavy atom. The molecule has 0 spiro atoms. The van der Waals surface area contributed by atoms with Crippen LogP contribution in [0.25, 0.3) is 17.3 Å². The number of aromatic nitrogens is 1. The van der Waals surface area contributed by atoms with Gasteiger partial charge in [-0.25, -0.2) is 0 Å². The van der Waals surface area contributed by atoms with E-state index in [9.17, 15) is 14.9 Å². The van der Waals surface area contributed by atoms with Crippen LogP contribution in [0.5, 0.6) is 0 Å². The van der Waals surface area contributed by atoms with Crippen molar-refractivity contribution in [3.05, 3.63) is 84.8 Å².